The van der Waals surface area contributed by atoms with E-state index in [1.807, 2.05) is 56.3 Å². The van der Waals surface area contributed by atoms with Gasteiger partial charge in [0.2, 0.25) is 0 Å². The number of halogens is 1. The van der Waals surface area contributed by atoms with Crippen LogP contribution in [0.15, 0.2) is 42.5 Å². The van der Waals surface area contributed by atoms with E-state index in [2.05, 4.69) is 37.9 Å². The standard InChI is InChI=1S/C17H14IN3O/c1-10-11(2)20-16-9-14(7-8-15(16)19-10)21-17(22)12-3-5-13(18)6-4-12/h3-9H,1-2H3,(H,21,22). The number of nitrogens with zero attached hydrogens (tertiary/aromatic N) is 2. The molecule has 3 rings (SSSR count). The third kappa shape index (κ3) is 3.09. The highest BCUT2D eigenvalue weighted by atomic mass is 127. The average Bonchev–Trinajstić information content (AvgIpc) is 2.49. The maximum atomic E-state index is 12.2. The van der Waals surface area contributed by atoms with E-state index in [0.29, 0.717) is 11.3 Å². The highest BCUT2D eigenvalue weighted by molar-refractivity contribution is 14.1. The zero-order valence-electron chi connectivity index (χ0n) is 12.2. The van der Waals surface area contributed by atoms with E-state index in [1.165, 1.54) is 0 Å². The van der Waals surface area contributed by atoms with Gasteiger partial charge in [0.15, 0.2) is 0 Å². The first-order valence-electron chi connectivity index (χ1n) is 6.85. The molecule has 1 heterocycles. The Labute approximate surface area is 142 Å². The van der Waals surface area contributed by atoms with Gasteiger partial charge in [-0.1, -0.05) is 0 Å². The number of carbonyl (C=O) groups excluding carboxylic acids is 1. The summed E-state index contributed by atoms with van der Waals surface area (Å²) < 4.78 is 1.10. The number of amides is 1. The number of anilines is 1. The summed E-state index contributed by atoms with van der Waals surface area (Å²) in [4.78, 5) is 21.2. The zero-order chi connectivity index (χ0) is 15.7. The molecular weight excluding hydrogens is 389 g/mol. The summed E-state index contributed by atoms with van der Waals surface area (Å²) in [5.41, 5.74) is 4.77. The Balaban J connectivity index is 1.89. The second-order valence-electron chi connectivity index (χ2n) is 5.06. The molecule has 0 unspecified atom stereocenters. The summed E-state index contributed by atoms with van der Waals surface area (Å²) in [5, 5.41) is 2.89. The van der Waals surface area contributed by atoms with Crippen LogP contribution in [0.3, 0.4) is 0 Å². The number of aromatic nitrogens is 2. The van der Waals surface area contributed by atoms with Crippen molar-refractivity contribution in [3.63, 3.8) is 0 Å². The van der Waals surface area contributed by atoms with Gasteiger partial charge in [-0.15, -0.1) is 0 Å². The molecule has 1 amide bonds. The fourth-order valence-electron chi connectivity index (χ4n) is 2.11. The van der Waals surface area contributed by atoms with Crippen LogP contribution in [0.2, 0.25) is 0 Å². The van der Waals surface area contributed by atoms with Gasteiger partial charge in [0, 0.05) is 14.8 Å². The monoisotopic (exact) mass is 403 g/mol. The van der Waals surface area contributed by atoms with Crippen molar-refractivity contribution in [3.05, 3.63) is 63.0 Å². The summed E-state index contributed by atoms with van der Waals surface area (Å²) in [6.45, 7) is 3.87. The van der Waals surface area contributed by atoms with Crippen LogP contribution < -0.4 is 5.32 Å². The normalized spacial score (nSPS) is 10.7. The van der Waals surface area contributed by atoms with Gasteiger partial charge in [-0.05, 0) is 78.9 Å². The van der Waals surface area contributed by atoms with Gasteiger partial charge in [-0.2, -0.15) is 0 Å². The quantitative estimate of drug-likeness (QED) is 0.656. The highest BCUT2D eigenvalue weighted by Gasteiger charge is 2.08. The van der Waals surface area contributed by atoms with E-state index < -0.39 is 0 Å². The topological polar surface area (TPSA) is 54.9 Å². The molecule has 3 aromatic rings. The maximum absolute atomic E-state index is 12.2. The van der Waals surface area contributed by atoms with Crippen molar-refractivity contribution in [2.75, 3.05) is 5.32 Å². The highest BCUT2D eigenvalue weighted by Crippen LogP contribution is 2.18. The number of rotatable bonds is 2. The van der Waals surface area contributed by atoms with Crippen molar-refractivity contribution >= 4 is 45.2 Å². The molecule has 0 aliphatic heterocycles. The molecule has 1 aromatic heterocycles. The molecule has 22 heavy (non-hydrogen) atoms. The van der Waals surface area contributed by atoms with E-state index >= 15 is 0 Å². The number of hydrogen-bond donors (Lipinski definition) is 1. The maximum Gasteiger partial charge on any atom is 0.255 e. The number of fused-ring (bicyclic) bond motifs is 1. The van der Waals surface area contributed by atoms with Gasteiger partial charge in [0.1, 0.15) is 0 Å². The third-order valence-corrected chi connectivity index (χ3v) is 4.16. The lowest BCUT2D eigenvalue weighted by molar-refractivity contribution is 0.102. The minimum atomic E-state index is -0.132. The van der Waals surface area contributed by atoms with Crippen molar-refractivity contribution in [2.45, 2.75) is 13.8 Å². The van der Waals surface area contributed by atoms with Crippen LogP contribution in [0.25, 0.3) is 11.0 Å². The molecule has 4 nitrogen and oxygen atoms in total. The summed E-state index contributed by atoms with van der Waals surface area (Å²) in [6, 6.07) is 13.0. The van der Waals surface area contributed by atoms with Crippen molar-refractivity contribution in [1.29, 1.82) is 0 Å². The first kappa shape index (κ1) is 14.9. The Hall–Kier alpha value is -2.02. The average molecular weight is 403 g/mol. The molecule has 0 atom stereocenters. The molecule has 0 saturated carbocycles. The lowest BCUT2D eigenvalue weighted by Gasteiger charge is -2.07. The second kappa shape index (κ2) is 6.00. The van der Waals surface area contributed by atoms with E-state index in [1.54, 1.807) is 0 Å². The molecule has 0 aliphatic carbocycles. The number of aryl methyl sites for hydroxylation is 2. The molecule has 0 bridgehead atoms. The number of benzene rings is 2. The van der Waals surface area contributed by atoms with E-state index in [4.69, 9.17) is 0 Å². The van der Waals surface area contributed by atoms with Gasteiger partial charge in [0.05, 0.1) is 22.4 Å². The van der Waals surface area contributed by atoms with Crippen molar-refractivity contribution in [1.82, 2.24) is 9.97 Å². The predicted molar refractivity (Wildman–Crippen MR) is 96.1 cm³/mol. The Morgan fingerprint density at radius 1 is 0.955 bits per heavy atom. The molecule has 0 saturated heterocycles. The first-order chi connectivity index (χ1) is 10.5. The smallest absolute Gasteiger partial charge is 0.255 e. The lowest BCUT2D eigenvalue weighted by Crippen LogP contribution is -2.11. The molecule has 0 fully saturated rings. The molecule has 2 aromatic carbocycles. The fraction of sp³-hybridized carbons (Fsp3) is 0.118. The molecule has 0 spiro atoms. The Bertz CT molecular complexity index is 860. The molecular formula is C17H14IN3O. The molecule has 1 N–H and O–H groups in total. The Kier molecular flexibility index (Phi) is 4.06. The molecule has 0 radical (unpaired) electrons. The van der Waals surface area contributed by atoms with Crippen LogP contribution in [0.1, 0.15) is 21.7 Å². The van der Waals surface area contributed by atoms with E-state index in [9.17, 15) is 4.79 Å². The van der Waals surface area contributed by atoms with Crippen LogP contribution in [-0.4, -0.2) is 15.9 Å². The van der Waals surface area contributed by atoms with Crippen LogP contribution in [0.4, 0.5) is 5.69 Å². The fourth-order valence-corrected chi connectivity index (χ4v) is 2.47. The summed E-state index contributed by atoms with van der Waals surface area (Å²) >= 11 is 2.21. The molecule has 0 aliphatic rings. The second-order valence-corrected chi connectivity index (χ2v) is 6.30. The van der Waals surface area contributed by atoms with Crippen LogP contribution in [0, 0.1) is 17.4 Å². The Morgan fingerprint density at radius 3 is 2.27 bits per heavy atom. The number of carbonyl (C=O) groups is 1. The van der Waals surface area contributed by atoms with Gasteiger partial charge < -0.3 is 5.32 Å². The number of hydrogen-bond acceptors (Lipinski definition) is 3. The third-order valence-electron chi connectivity index (χ3n) is 3.44. The van der Waals surface area contributed by atoms with Crippen LogP contribution >= 0.6 is 22.6 Å². The minimum absolute atomic E-state index is 0.132. The van der Waals surface area contributed by atoms with E-state index in [0.717, 1.165) is 26.0 Å². The lowest BCUT2D eigenvalue weighted by atomic mass is 10.2. The van der Waals surface area contributed by atoms with Gasteiger partial charge >= 0.3 is 0 Å². The first-order valence-corrected chi connectivity index (χ1v) is 7.93. The van der Waals surface area contributed by atoms with Crippen molar-refractivity contribution in [2.24, 2.45) is 0 Å². The number of nitrogens with one attached hydrogen (secondary N) is 1. The zero-order valence-corrected chi connectivity index (χ0v) is 14.4. The summed E-state index contributed by atoms with van der Waals surface area (Å²) in [7, 11) is 0. The van der Waals surface area contributed by atoms with Gasteiger partial charge in [-0.3, -0.25) is 4.79 Å². The summed E-state index contributed by atoms with van der Waals surface area (Å²) in [6.07, 6.45) is 0. The Morgan fingerprint density at radius 2 is 1.59 bits per heavy atom. The predicted octanol–water partition coefficient (Wildman–Crippen LogP) is 4.10. The van der Waals surface area contributed by atoms with Gasteiger partial charge in [0.25, 0.3) is 5.91 Å². The van der Waals surface area contributed by atoms with Crippen LogP contribution in [0.5, 0.6) is 0 Å². The van der Waals surface area contributed by atoms with E-state index in [-0.39, 0.29) is 5.91 Å². The SMILES string of the molecule is Cc1nc2ccc(NC(=O)c3ccc(I)cc3)cc2nc1C. The van der Waals surface area contributed by atoms with Gasteiger partial charge in [-0.25, -0.2) is 9.97 Å². The van der Waals surface area contributed by atoms with Crippen molar-refractivity contribution < 1.29 is 4.79 Å². The van der Waals surface area contributed by atoms with Crippen LogP contribution in [-0.2, 0) is 0 Å². The largest absolute Gasteiger partial charge is 0.322 e. The van der Waals surface area contributed by atoms with Crippen molar-refractivity contribution in [3.8, 4) is 0 Å². The summed E-state index contributed by atoms with van der Waals surface area (Å²) in [5.74, 6) is -0.132. The minimum Gasteiger partial charge on any atom is -0.322 e. The molecule has 110 valence electrons. The molecule has 5 heteroatoms.